The number of alkyl halides is 3. The predicted octanol–water partition coefficient (Wildman–Crippen LogP) is 5.03. The number of phenolic OH excluding ortho intramolecular Hbond substituents is 1. The molecule has 0 spiro atoms. The first-order valence-corrected chi connectivity index (χ1v) is 8.72. The van der Waals surface area contributed by atoms with E-state index in [-0.39, 0.29) is 17.1 Å². The van der Waals surface area contributed by atoms with Gasteiger partial charge in [-0.3, -0.25) is 4.98 Å². The lowest BCUT2D eigenvalue weighted by Gasteiger charge is -2.13. The molecule has 4 rings (SSSR count). The molecule has 0 fully saturated rings. The van der Waals surface area contributed by atoms with Crippen molar-refractivity contribution in [1.82, 2.24) is 15.0 Å². The SMILES string of the molecule is Oc1ccc(C(F)(F)F)cc1-c1nc(NCc2cccnc2)c2ccccc2n1. The van der Waals surface area contributed by atoms with Gasteiger partial charge in [-0.2, -0.15) is 13.2 Å². The highest BCUT2D eigenvalue weighted by molar-refractivity contribution is 5.90. The number of benzene rings is 2. The van der Waals surface area contributed by atoms with E-state index in [1.807, 2.05) is 18.2 Å². The van der Waals surface area contributed by atoms with Crippen molar-refractivity contribution < 1.29 is 18.3 Å². The fraction of sp³-hybridized carbons (Fsp3) is 0.0952. The summed E-state index contributed by atoms with van der Waals surface area (Å²) in [6, 6.07) is 13.5. The number of halogens is 3. The molecule has 2 heterocycles. The third-order valence-electron chi connectivity index (χ3n) is 4.35. The molecule has 0 aliphatic heterocycles. The second kappa shape index (κ2) is 7.38. The molecule has 0 saturated heterocycles. The molecule has 146 valence electrons. The van der Waals surface area contributed by atoms with Gasteiger partial charge in [-0.15, -0.1) is 0 Å². The number of rotatable bonds is 4. The van der Waals surface area contributed by atoms with Gasteiger partial charge in [-0.1, -0.05) is 18.2 Å². The van der Waals surface area contributed by atoms with Crippen LogP contribution < -0.4 is 5.32 Å². The number of hydrogen-bond donors (Lipinski definition) is 2. The van der Waals surface area contributed by atoms with E-state index < -0.39 is 11.7 Å². The number of hydrogen-bond acceptors (Lipinski definition) is 5. The van der Waals surface area contributed by atoms with Gasteiger partial charge < -0.3 is 10.4 Å². The van der Waals surface area contributed by atoms with Crippen LogP contribution in [0.15, 0.2) is 67.0 Å². The number of nitrogens with one attached hydrogen (secondary N) is 1. The molecule has 4 aromatic rings. The molecule has 29 heavy (non-hydrogen) atoms. The van der Waals surface area contributed by atoms with Crippen LogP contribution in [0.25, 0.3) is 22.3 Å². The molecule has 2 aromatic heterocycles. The first-order chi connectivity index (χ1) is 13.9. The van der Waals surface area contributed by atoms with Gasteiger partial charge in [0.05, 0.1) is 16.6 Å². The van der Waals surface area contributed by atoms with Crippen LogP contribution in [0.4, 0.5) is 19.0 Å². The van der Waals surface area contributed by atoms with Crippen molar-refractivity contribution in [2.24, 2.45) is 0 Å². The zero-order chi connectivity index (χ0) is 20.4. The monoisotopic (exact) mass is 396 g/mol. The minimum atomic E-state index is -4.54. The molecular formula is C21H15F3N4O. The van der Waals surface area contributed by atoms with Crippen molar-refractivity contribution in [2.45, 2.75) is 12.7 Å². The Morgan fingerprint density at radius 1 is 0.966 bits per heavy atom. The lowest BCUT2D eigenvalue weighted by atomic mass is 10.1. The van der Waals surface area contributed by atoms with E-state index in [0.29, 0.717) is 23.3 Å². The third kappa shape index (κ3) is 3.96. The molecule has 8 heteroatoms. The Morgan fingerprint density at radius 2 is 1.79 bits per heavy atom. The van der Waals surface area contributed by atoms with Crippen molar-refractivity contribution in [3.05, 3.63) is 78.1 Å². The van der Waals surface area contributed by atoms with Crippen molar-refractivity contribution in [2.75, 3.05) is 5.32 Å². The van der Waals surface area contributed by atoms with E-state index in [1.165, 1.54) is 0 Å². The maximum Gasteiger partial charge on any atom is 0.416 e. The number of fused-ring (bicyclic) bond motifs is 1. The number of phenols is 1. The summed E-state index contributed by atoms with van der Waals surface area (Å²) in [4.78, 5) is 12.8. The molecule has 5 nitrogen and oxygen atoms in total. The van der Waals surface area contributed by atoms with Crippen molar-refractivity contribution in [1.29, 1.82) is 0 Å². The lowest BCUT2D eigenvalue weighted by Crippen LogP contribution is -2.06. The van der Waals surface area contributed by atoms with Crippen molar-refractivity contribution in [3.63, 3.8) is 0 Å². The molecule has 0 amide bonds. The van der Waals surface area contributed by atoms with Crippen molar-refractivity contribution >= 4 is 16.7 Å². The summed E-state index contributed by atoms with van der Waals surface area (Å²) >= 11 is 0. The van der Waals surface area contributed by atoms with Crippen LogP contribution in [0.1, 0.15) is 11.1 Å². The minimum absolute atomic E-state index is 0.000914. The lowest BCUT2D eigenvalue weighted by molar-refractivity contribution is -0.137. The van der Waals surface area contributed by atoms with E-state index in [9.17, 15) is 18.3 Å². The molecule has 0 aliphatic rings. The number of aromatic hydroxyl groups is 1. The number of aromatic nitrogens is 3. The molecule has 0 saturated carbocycles. The first kappa shape index (κ1) is 18.7. The molecular weight excluding hydrogens is 381 g/mol. The average Bonchev–Trinajstić information content (AvgIpc) is 2.72. The van der Waals surface area contributed by atoms with Gasteiger partial charge in [0.15, 0.2) is 5.82 Å². The average molecular weight is 396 g/mol. The molecule has 2 N–H and O–H groups in total. The summed E-state index contributed by atoms with van der Waals surface area (Å²) in [6.07, 6.45) is -1.17. The maximum absolute atomic E-state index is 13.1. The highest BCUT2D eigenvalue weighted by Crippen LogP contribution is 2.36. The summed E-state index contributed by atoms with van der Waals surface area (Å²) in [5.41, 5.74) is 0.489. The van der Waals surface area contributed by atoms with Crippen LogP contribution in [0.2, 0.25) is 0 Å². The molecule has 0 atom stereocenters. The van der Waals surface area contributed by atoms with E-state index in [1.54, 1.807) is 30.6 Å². The summed E-state index contributed by atoms with van der Waals surface area (Å²) in [5, 5.41) is 14.0. The summed E-state index contributed by atoms with van der Waals surface area (Å²) < 4.78 is 39.3. The Labute approximate surface area is 163 Å². The van der Waals surface area contributed by atoms with Gasteiger partial charge in [-0.05, 0) is 42.0 Å². The molecule has 0 radical (unpaired) electrons. The Morgan fingerprint density at radius 3 is 2.55 bits per heavy atom. The van der Waals surface area contributed by atoms with Crippen LogP contribution in [0.3, 0.4) is 0 Å². The zero-order valence-electron chi connectivity index (χ0n) is 15.0. The van der Waals surface area contributed by atoms with Crippen LogP contribution in [0, 0.1) is 0 Å². The highest BCUT2D eigenvalue weighted by Gasteiger charge is 2.31. The second-order valence-electron chi connectivity index (χ2n) is 6.36. The van der Waals surface area contributed by atoms with Crippen LogP contribution in [-0.4, -0.2) is 20.1 Å². The topological polar surface area (TPSA) is 70.9 Å². The van der Waals surface area contributed by atoms with Gasteiger partial charge in [0.2, 0.25) is 0 Å². The standard InChI is InChI=1S/C21H15F3N4O/c22-21(23,24)14-7-8-18(29)16(10-14)20-27-17-6-2-1-5-15(17)19(28-20)26-12-13-4-3-9-25-11-13/h1-11,29H,12H2,(H,26,27,28). The Kier molecular flexibility index (Phi) is 4.75. The Balaban J connectivity index is 1.80. The molecule has 2 aromatic carbocycles. The third-order valence-corrected chi connectivity index (χ3v) is 4.35. The minimum Gasteiger partial charge on any atom is -0.507 e. The molecule has 0 bridgehead atoms. The van der Waals surface area contributed by atoms with E-state index in [4.69, 9.17) is 0 Å². The Hall–Kier alpha value is -3.68. The van der Waals surface area contributed by atoms with Crippen LogP contribution >= 0.6 is 0 Å². The second-order valence-corrected chi connectivity index (χ2v) is 6.36. The summed E-state index contributed by atoms with van der Waals surface area (Å²) in [7, 11) is 0. The van der Waals surface area contributed by atoms with Crippen molar-refractivity contribution in [3.8, 4) is 17.1 Å². The smallest absolute Gasteiger partial charge is 0.416 e. The number of anilines is 1. The molecule has 0 aliphatic carbocycles. The van der Waals surface area contributed by atoms with E-state index in [0.717, 1.165) is 23.8 Å². The van der Waals surface area contributed by atoms with E-state index >= 15 is 0 Å². The number of para-hydroxylation sites is 1. The van der Waals surface area contributed by atoms with Gasteiger partial charge in [0.1, 0.15) is 11.6 Å². The zero-order valence-corrected chi connectivity index (χ0v) is 15.0. The quantitative estimate of drug-likeness (QED) is 0.506. The predicted molar refractivity (Wildman–Crippen MR) is 103 cm³/mol. The number of nitrogens with zero attached hydrogens (tertiary/aromatic N) is 3. The number of pyridine rings is 1. The maximum atomic E-state index is 13.1. The van der Waals surface area contributed by atoms with Gasteiger partial charge in [-0.25, -0.2) is 9.97 Å². The van der Waals surface area contributed by atoms with Crippen LogP contribution in [-0.2, 0) is 12.7 Å². The summed E-state index contributed by atoms with van der Waals surface area (Å²) in [6.45, 7) is 0.420. The summed E-state index contributed by atoms with van der Waals surface area (Å²) in [5.74, 6) is 0.124. The van der Waals surface area contributed by atoms with Crippen LogP contribution in [0.5, 0.6) is 5.75 Å². The first-order valence-electron chi connectivity index (χ1n) is 8.72. The van der Waals surface area contributed by atoms with E-state index in [2.05, 4.69) is 20.3 Å². The molecule has 0 unspecified atom stereocenters. The van der Waals surface area contributed by atoms with Gasteiger partial charge in [0, 0.05) is 24.3 Å². The van der Waals surface area contributed by atoms with Gasteiger partial charge >= 0.3 is 6.18 Å². The highest BCUT2D eigenvalue weighted by atomic mass is 19.4. The fourth-order valence-corrected chi connectivity index (χ4v) is 2.91. The van der Waals surface area contributed by atoms with Gasteiger partial charge in [0.25, 0.3) is 0 Å². The fourth-order valence-electron chi connectivity index (χ4n) is 2.91. The Bertz CT molecular complexity index is 1160. The largest absolute Gasteiger partial charge is 0.507 e. The normalized spacial score (nSPS) is 11.6.